The van der Waals surface area contributed by atoms with Crippen LogP contribution in [0.1, 0.15) is 23.7 Å². The van der Waals surface area contributed by atoms with Crippen molar-refractivity contribution in [3.8, 4) is 5.75 Å². The Morgan fingerprint density at radius 1 is 1.57 bits per heavy atom. The molecule has 1 aromatic carbocycles. The molecule has 0 radical (unpaired) electrons. The monoisotopic (exact) mass is 356 g/mol. The van der Waals surface area contributed by atoms with E-state index in [0.717, 1.165) is 11.8 Å². The lowest BCUT2D eigenvalue weighted by molar-refractivity contribution is -0.384. The summed E-state index contributed by atoms with van der Waals surface area (Å²) in [5.41, 5.74) is 0.276. The minimum Gasteiger partial charge on any atom is -0.496 e. The summed E-state index contributed by atoms with van der Waals surface area (Å²) in [5, 5.41) is 11.5. The van der Waals surface area contributed by atoms with E-state index in [0.29, 0.717) is 18.0 Å². The molecule has 7 heteroatoms. The fourth-order valence-corrected chi connectivity index (χ4v) is 3.61. The highest BCUT2D eigenvalue weighted by Crippen LogP contribution is 2.31. The third-order valence-corrected chi connectivity index (χ3v) is 4.59. The zero-order valence-electron chi connectivity index (χ0n) is 11.9. The molecule has 1 amide bonds. The number of ether oxygens (including phenoxy) is 1. The van der Waals surface area contributed by atoms with Gasteiger partial charge in [0.2, 0.25) is 0 Å². The molecular formula is C14H17BrN2O4. The summed E-state index contributed by atoms with van der Waals surface area (Å²) in [5.74, 6) is 0.523. The molecule has 0 saturated carbocycles. The summed E-state index contributed by atoms with van der Waals surface area (Å²) in [6.45, 7) is 2.81. The van der Waals surface area contributed by atoms with Gasteiger partial charge in [0.1, 0.15) is 5.75 Å². The van der Waals surface area contributed by atoms with Gasteiger partial charge >= 0.3 is 0 Å². The lowest BCUT2D eigenvalue weighted by Crippen LogP contribution is -2.38. The number of carbonyl (C=O) groups excluding carboxylic acids is 1. The van der Waals surface area contributed by atoms with Crippen LogP contribution in [-0.4, -0.2) is 40.8 Å². The van der Waals surface area contributed by atoms with Crippen molar-refractivity contribution in [1.82, 2.24) is 4.90 Å². The second kappa shape index (κ2) is 6.43. The Labute approximate surface area is 131 Å². The number of non-ortho nitro benzene ring substituents is 1. The van der Waals surface area contributed by atoms with Crippen molar-refractivity contribution in [3.05, 3.63) is 33.9 Å². The number of likely N-dealkylation sites (tertiary alicyclic amines) is 1. The van der Waals surface area contributed by atoms with Crippen LogP contribution in [-0.2, 0) is 0 Å². The molecule has 1 aliphatic rings. The molecule has 114 valence electrons. The van der Waals surface area contributed by atoms with Gasteiger partial charge in [-0.2, -0.15) is 0 Å². The van der Waals surface area contributed by atoms with Crippen molar-refractivity contribution in [1.29, 1.82) is 0 Å². The predicted molar refractivity (Wildman–Crippen MR) is 82.0 cm³/mol. The number of hydrogen-bond acceptors (Lipinski definition) is 4. The molecule has 21 heavy (non-hydrogen) atoms. The molecule has 0 aliphatic carbocycles. The van der Waals surface area contributed by atoms with Crippen LogP contribution < -0.4 is 4.74 Å². The minimum absolute atomic E-state index is 0.0877. The topological polar surface area (TPSA) is 72.7 Å². The van der Waals surface area contributed by atoms with Gasteiger partial charge in [0.05, 0.1) is 23.7 Å². The molecule has 1 saturated heterocycles. The molecule has 0 N–H and O–H groups in total. The Hall–Kier alpha value is -1.63. The molecule has 1 heterocycles. The standard InChI is InChI=1S/C14H17BrN2O4/c1-9-5-6-16(12(9)8-15)14(18)11-4-3-10(17(19)20)7-13(11)21-2/h3-4,7,9,12H,5-6,8H2,1-2H3. The Morgan fingerprint density at radius 2 is 2.29 bits per heavy atom. The smallest absolute Gasteiger partial charge is 0.273 e. The van der Waals surface area contributed by atoms with Crippen molar-refractivity contribution in [2.45, 2.75) is 19.4 Å². The summed E-state index contributed by atoms with van der Waals surface area (Å²) >= 11 is 3.45. The number of nitrogens with zero attached hydrogens (tertiary/aromatic N) is 2. The van der Waals surface area contributed by atoms with Crippen LogP contribution in [0.5, 0.6) is 5.75 Å². The first kappa shape index (κ1) is 15.8. The molecule has 2 rings (SSSR count). The maximum absolute atomic E-state index is 12.7. The fraction of sp³-hybridized carbons (Fsp3) is 0.500. The third kappa shape index (κ3) is 3.02. The number of nitro benzene ring substituents is 1. The van der Waals surface area contributed by atoms with Crippen LogP contribution in [0, 0.1) is 16.0 Å². The van der Waals surface area contributed by atoms with Crippen molar-refractivity contribution in [3.63, 3.8) is 0 Å². The number of alkyl halides is 1. The summed E-state index contributed by atoms with van der Waals surface area (Å²) in [4.78, 5) is 24.8. The van der Waals surface area contributed by atoms with Gasteiger partial charge in [0.25, 0.3) is 11.6 Å². The second-order valence-corrected chi connectivity index (χ2v) is 5.78. The van der Waals surface area contributed by atoms with Gasteiger partial charge in [0.15, 0.2) is 0 Å². The molecule has 1 aliphatic heterocycles. The van der Waals surface area contributed by atoms with Gasteiger partial charge in [-0.05, 0) is 18.4 Å². The highest BCUT2D eigenvalue weighted by molar-refractivity contribution is 9.09. The lowest BCUT2D eigenvalue weighted by atomic mass is 10.0. The Bertz CT molecular complexity index is 564. The fourth-order valence-electron chi connectivity index (χ4n) is 2.62. The van der Waals surface area contributed by atoms with Crippen LogP contribution in [0.15, 0.2) is 18.2 Å². The zero-order chi connectivity index (χ0) is 15.6. The largest absolute Gasteiger partial charge is 0.496 e. The number of hydrogen-bond donors (Lipinski definition) is 0. The van der Waals surface area contributed by atoms with E-state index in [4.69, 9.17) is 4.74 Å². The first-order chi connectivity index (χ1) is 9.99. The SMILES string of the molecule is COc1cc([N+](=O)[O-])ccc1C(=O)N1CCC(C)C1CBr. The van der Waals surface area contributed by atoms with E-state index in [1.165, 1.54) is 25.3 Å². The van der Waals surface area contributed by atoms with Gasteiger partial charge in [-0.3, -0.25) is 14.9 Å². The predicted octanol–water partition coefficient (Wildman–Crippen LogP) is 2.85. The average Bonchev–Trinajstić information content (AvgIpc) is 2.86. The van der Waals surface area contributed by atoms with Crippen LogP contribution in [0.25, 0.3) is 0 Å². The van der Waals surface area contributed by atoms with Crippen molar-refractivity contribution in [2.24, 2.45) is 5.92 Å². The van der Waals surface area contributed by atoms with Crippen LogP contribution in [0.3, 0.4) is 0 Å². The summed E-state index contributed by atoms with van der Waals surface area (Å²) in [6.07, 6.45) is 0.956. The lowest BCUT2D eigenvalue weighted by Gasteiger charge is -2.26. The molecule has 0 bridgehead atoms. The summed E-state index contributed by atoms with van der Waals surface area (Å²) in [6, 6.07) is 4.22. The van der Waals surface area contributed by atoms with Gasteiger partial charge in [-0.1, -0.05) is 22.9 Å². The zero-order valence-corrected chi connectivity index (χ0v) is 13.5. The Morgan fingerprint density at radius 3 is 2.86 bits per heavy atom. The van der Waals surface area contributed by atoms with Gasteiger partial charge in [-0.25, -0.2) is 0 Å². The quantitative estimate of drug-likeness (QED) is 0.472. The maximum atomic E-state index is 12.7. The van der Waals surface area contributed by atoms with Gasteiger partial charge < -0.3 is 9.64 Å². The van der Waals surface area contributed by atoms with E-state index in [9.17, 15) is 14.9 Å². The molecule has 6 nitrogen and oxygen atoms in total. The van der Waals surface area contributed by atoms with E-state index in [1.807, 2.05) is 4.90 Å². The Balaban J connectivity index is 2.33. The van der Waals surface area contributed by atoms with E-state index in [2.05, 4.69) is 22.9 Å². The van der Waals surface area contributed by atoms with Crippen molar-refractivity contribution >= 4 is 27.5 Å². The van der Waals surface area contributed by atoms with Gasteiger partial charge in [0, 0.05) is 24.0 Å². The Kier molecular flexibility index (Phi) is 4.82. The summed E-state index contributed by atoms with van der Waals surface area (Å²) < 4.78 is 5.15. The third-order valence-electron chi connectivity index (χ3n) is 3.93. The number of amides is 1. The molecule has 2 atom stereocenters. The molecular weight excluding hydrogens is 340 g/mol. The van der Waals surface area contributed by atoms with Crippen LogP contribution in [0.4, 0.5) is 5.69 Å². The molecule has 0 spiro atoms. The molecule has 2 unspecified atom stereocenters. The maximum Gasteiger partial charge on any atom is 0.273 e. The normalized spacial score (nSPS) is 21.4. The molecule has 1 fully saturated rings. The highest BCUT2D eigenvalue weighted by atomic mass is 79.9. The number of carbonyl (C=O) groups is 1. The number of rotatable bonds is 4. The molecule has 0 aromatic heterocycles. The first-order valence-electron chi connectivity index (χ1n) is 6.69. The second-order valence-electron chi connectivity index (χ2n) is 5.13. The average molecular weight is 357 g/mol. The van der Waals surface area contributed by atoms with E-state index >= 15 is 0 Å². The van der Waals surface area contributed by atoms with E-state index in [1.54, 1.807) is 0 Å². The van der Waals surface area contributed by atoms with Crippen molar-refractivity contribution < 1.29 is 14.5 Å². The van der Waals surface area contributed by atoms with Gasteiger partial charge in [-0.15, -0.1) is 0 Å². The van der Waals surface area contributed by atoms with Crippen LogP contribution in [0.2, 0.25) is 0 Å². The van der Waals surface area contributed by atoms with Crippen molar-refractivity contribution in [2.75, 3.05) is 19.0 Å². The first-order valence-corrected chi connectivity index (χ1v) is 7.81. The van der Waals surface area contributed by atoms with E-state index in [-0.39, 0.29) is 23.4 Å². The number of methoxy groups -OCH3 is 1. The van der Waals surface area contributed by atoms with E-state index < -0.39 is 4.92 Å². The highest BCUT2D eigenvalue weighted by Gasteiger charge is 2.35. The number of nitro groups is 1. The number of halogens is 1. The minimum atomic E-state index is -0.504. The molecule has 1 aromatic rings. The summed E-state index contributed by atoms with van der Waals surface area (Å²) in [7, 11) is 1.41. The number of benzene rings is 1. The van der Waals surface area contributed by atoms with Crippen LogP contribution >= 0.6 is 15.9 Å².